The van der Waals surface area contributed by atoms with Gasteiger partial charge in [-0.15, -0.1) is 13.2 Å². The Bertz CT molecular complexity index is 560. The Morgan fingerprint density at radius 2 is 2.05 bits per heavy atom. The second-order valence-electron chi connectivity index (χ2n) is 4.49. The predicted octanol–water partition coefficient (Wildman–Crippen LogP) is 1.88. The molecule has 9 heteroatoms. The van der Waals surface area contributed by atoms with E-state index in [1.807, 2.05) is 0 Å². The summed E-state index contributed by atoms with van der Waals surface area (Å²) >= 11 is 0. The molecule has 120 valence electrons. The molecule has 1 aromatic rings. The zero-order valence-electron chi connectivity index (χ0n) is 11.2. The standard InChI is InChI=1S/C12H16F3NO4S/c1-9(5-6-17)8-16-21(18,19)11-4-2-3-10(7-11)20-12(13,14)15/h2-4,7,9,16-17H,5-6,8H2,1H3. The third-order valence-corrected chi connectivity index (χ3v) is 4.01. The maximum absolute atomic E-state index is 12.1. The fraction of sp³-hybridized carbons (Fsp3) is 0.500. The summed E-state index contributed by atoms with van der Waals surface area (Å²) in [6, 6.07) is 4.14. The van der Waals surface area contributed by atoms with Crippen LogP contribution in [0.25, 0.3) is 0 Å². The minimum atomic E-state index is -4.88. The molecule has 0 aliphatic carbocycles. The van der Waals surface area contributed by atoms with Crippen LogP contribution in [0.2, 0.25) is 0 Å². The lowest BCUT2D eigenvalue weighted by atomic mass is 10.1. The van der Waals surface area contributed by atoms with Crippen molar-refractivity contribution in [3.05, 3.63) is 24.3 Å². The van der Waals surface area contributed by atoms with Crippen LogP contribution in [0.1, 0.15) is 13.3 Å². The van der Waals surface area contributed by atoms with Crippen LogP contribution in [0, 0.1) is 5.92 Å². The van der Waals surface area contributed by atoms with E-state index in [2.05, 4.69) is 9.46 Å². The van der Waals surface area contributed by atoms with E-state index in [9.17, 15) is 21.6 Å². The normalized spacial score (nSPS) is 14.0. The van der Waals surface area contributed by atoms with Gasteiger partial charge in [0, 0.05) is 19.2 Å². The summed E-state index contributed by atoms with van der Waals surface area (Å²) in [5.41, 5.74) is 0. The van der Waals surface area contributed by atoms with Crippen molar-refractivity contribution in [2.75, 3.05) is 13.2 Å². The molecule has 0 aromatic heterocycles. The molecule has 0 fully saturated rings. The predicted molar refractivity (Wildman–Crippen MR) is 69.2 cm³/mol. The summed E-state index contributed by atoms with van der Waals surface area (Å²) in [5.74, 6) is -0.701. The fourth-order valence-corrected chi connectivity index (χ4v) is 2.70. The molecule has 0 amide bonds. The van der Waals surface area contributed by atoms with Gasteiger partial charge in [-0.1, -0.05) is 13.0 Å². The van der Waals surface area contributed by atoms with Crippen molar-refractivity contribution in [3.63, 3.8) is 0 Å². The first-order valence-electron chi connectivity index (χ1n) is 6.10. The first-order valence-corrected chi connectivity index (χ1v) is 7.58. The number of aliphatic hydroxyl groups excluding tert-OH is 1. The van der Waals surface area contributed by atoms with Gasteiger partial charge in [0.15, 0.2) is 0 Å². The van der Waals surface area contributed by atoms with Gasteiger partial charge in [-0.3, -0.25) is 0 Å². The lowest BCUT2D eigenvalue weighted by Crippen LogP contribution is -2.29. The van der Waals surface area contributed by atoms with Gasteiger partial charge in [-0.2, -0.15) is 0 Å². The van der Waals surface area contributed by atoms with Gasteiger partial charge < -0.3 is 9.84 Å². The number of benzene rings is 1. The summed E-state index contributed by atoms with van der Waals surface area (Å²) in [6.45, 7) is 1.74. The molecule has 0 aliphatic rings. The van der Waals surface area contributed by atoms with Crippen LogP contribution in [0.3, 0.4) is 0 Å². The largest absolute Gasteiger partial charge is 0.573 e. The third kappa shape index (κ3) is 6.32. The van der Waals surface area contributed by atoms with Crippen LogP contribution in [0.15, 0.2) is 29.2 Å². The third-order valence-electron chi connectivity index (χ3n) is 2.59. The van der Waals surface area contributed by atoms with Crippen molar-refractivity contribution in [3.8, 4) is 5.75 Å². The first kappa shape index (κ1) is 17.7. The van der Waals surface area contributed by atoms with Crippen LogP contribution in [-0.2, 0) is 10.0 Å². The van der Waals surface area contributed by atoms with Gasteiger partial charge in [0.2, 0.25) is 10.0 Å². The zero-order valence-corrected chi connectivity index (χ0v) is 12.0. The number of sulfonamides is 1. The van der Waals surface area contributed by atoms with Crippen LogP contribution in [-0.4, -0.2) is 33.0 Å². The Morgan fingerprint density at radius 1 is 1.38 bits per heavy atom. The van der Waals surface area contributed by atoms with Gasteiger partial charge >= 0.3 is 6.36 Å². The van der Waals surface area contributed by atoms with Crippen molar-refractivity contribution in [2.45, 2.75) is 24.6 Å². The minimum absolute atomic E-state index is 0.0716. The quantitative estimate of drug-likeness (QED) is 0.802. The Morgan fingerprint density at radius 3 is 2.62 bits per heavy atom. The lowest BCUT2D eigenvalue weighted by Gasteiger charge is -2.13. The molecule has 0 saturated heterocycles. The average Bonchev–Trinajstić information content (AvgIpc) is 2.35. The van der Waals surface area contributed by atoms with Gasteiger partial charge in [-0.25, -0.2) is 13.1 Å². The molecule has 0 aliphatic heterocycles. The number of alkyl halides is 3. The minimum Gasteiger partial charge on any atom is -0.406 e. The molecule has 1 rings (SSSR count). The second-order valence-corrected chi connectivity index (χ2v) is 6.26. The van der Waals surface area contributed by atoms with Crippen LogP contribution in [0.5, 0.6) is 5.75 Å². The van der Waals surface area contributed by atoms with Gasteiger partial charge in [0.1, 0.15) is 5.75 Å². The van der Waals surface area contributed by atoms with Crippen molar-refractivity contribution in [2.24, 2.45) is 5.92 Å². The van der Waals surface area contributed by atoms with E-state index < -0.39 is 22.1 Å². The number of hydrogen-bond donors (Lipinski definition) is 2. The summed E-state index contributed by atoms with van der Waals surface area (Å²) < 4.78 is 66.1. The molecule has 1 atom stereocenters. The molecule has 1 unspecified atom stereocenters. The van der Waals surface area contributed by atoms with Crippen molar-refractivity contribution < 1.29 is 31.4 Å². The molecule has 0 spiro atoms. The molecule has 0 saturated carbocycles. The maximum atomic E-state index is 12.1. The molecular weight excluding hydrogens is 311 g/mol. The lowest BCUT2D eigenvalue weighted by molar-refractivity contribution is -0.274. The van der Waals surface area contributed by atoms with Gasteiger partial charge in [0.05, 0.1) is 4.90 Å². The fourth-order valence-electron chi connectivity index (χ4n) is 1.50. The van der Waals surface area contributed by atoms with E-state index in [1.165, 1.54) is 6.07 Å². The van der Waals surface area contributed by atoms with E-state index in [0.717, 1.165) is 18.2 Å². The van der Waals surface area contributed by atoms with Crippen molar-refractivity contribution in [1.82, 2.24) is 4.72 Å². The average molecular weight is 327 g/mol. The first-order chi connectivity index (χ1) is 9.64. The zero-order chi connectivity index (χ0) is 16.1. The van der Waals surface area contributed by atoms with E-state index in [-0.39, 0.29) is 24.0 Å². The monoisotopic (exact) mass is 327 g/mol. The van der Waals surface area contributed by atoms with E-state index in [4.69, 9.17) is 5.11 Å². The molecule has 5 nitrogen and oxygen atoms in total. The highest BCUT2D eigenvalue weighted by Crippen LogP contribution is 2.24. The topological polar surface area (TPSA) is 75.6 Å². The molecule has 2 N–H and O–H groups in total. The van der Waals surface area contributed by atoms with E-state index in [0.29, 0.717) is 6.42 Å². The molecule has 1 aromatic carbocycles. The number of ether oxygens (including phenoxy) is 1. The van der Waals surface area contributed by atoms with Gasteiger partial charge in [-0.05, 0) is 24.5 Å². The Labute approximate surface area is 120 Å². The van der Waals surface area contributed by atoms with Crippen LogP contribution < -0.4 is 9.46 Å². The number of aliphatic hydroxyl groups is 1. The molecule has 21 heavy (non-hydrogen) atoms. The highest BCUT2D eigenvalue weighted by atomic mass is 32.2. The number of hydrogen-bond acceptors (Lipinski definition) is 4. The molecule has 0 bridgehead atoms. The summed E-state index contributed by atoms with van der Waals surface area (Å²) in [4.78, 5) is -0.319. The molecular formula is C12H16F3NO4S. The summed E-state index contributed by atoms with van der Waals surface area (Å²) in [5, 5.41) is 8.73. The number of halogens is 3. The SMILES string of the molecule is CC(CCO)CNS(=O)(=O)c1cccc(OC(F)(F)F)c1. The smallest absolute Gasteiger partial charge is 0.406 e. The summed E-state index contributed by atoms with van der Waals surface area (Å²) in [6.07, 6.45) is -4.47. The Hall–Kier alpha value is -1.32. The van der Waals surface area contributed by atoms with E-state index >= 15 is 0 Å². The highest BCUT2D eigenvalue weighted by Gasteiger charge is 2.31. The highest BCUT2D eigenvalue weighted by molar-refractivity contribution is 7.89. The Kier molecular flexibility index (Phi) is 5.99. The summed E-state index contributed by atoms with van der Waals surface area (Å²) in [7, 11) is -3.93. The Balaban J connectivity index is 2.81. The van der Waals surface area contributed by atoms with Crippen LogP contribution in [0.4, 0.5) is 13.2 Å². The van der Waals surface area contributed by atoms with E-state index in [1.54, 1.807) is 6.92 Å². The number of nitrogens with one attached hydrogen (secondary N) is 1. The molecule has 0 heterocycles. The maximum Gasteiger partial charge on any atom is 0.573 e. The van der Waals surface area contributed by atoms with Gasteiger partial charge in [0.25, 0.3) is 0 Å². The van der Waals surface area contributed by atoms with Crippen LogP contribution >= 0.6 is 0 Å². The van der Waals surface area contributed by atoms with Crippen molar-refractivity contribution in [1.29, 1.82) is 0 Å². The second kappa shape index (κ2) is 7.10. The molecule has 0 radical (unpaired) electrons. The van der Waals surface area contributed by atoms with Crippen molar-refractivity contribution >= 4 is 10.0 Å². The number of rotatable bonds is 7.